The first-order valence-corrected chi connectivity index (χ1v) is 9.40. The molecule has 4 aliphatic rings. The van der Waals surface area contributed by atoms with Crippen molar-refractivity contribution in [1.82, 2.24) is 4.90 Å². The summed E-state index contributed by atoms with van der Waals surface area (Å²) in [5.41, 5.74) is 0.437. The van der Waals surface area contributed by atoms with Crippen molar-refractivity contribution in [2.24, 2.45) is 34.5 Å². The summed E-state index contributed by atoms with van der Waals surface area (Å²) in [5.74, 6) is 2.79. The SMILES string of the molecule is C[C@H]1CC2N(C)C(=O)C=C[C@]2(C)C2CC[C@]3(C)CC(O)CC3C21. The van der Waals surface area contributed by atoms with Crippen LogP contribution in [0.5, 0.6) is 0 Å². The Labute approximate surface area is 140 Å². The van der Waals surface area contributed by atoms with E-state index in [1.807, 2.05) is 11.9 Å². The van der Waals surface area contributed by atoms with E-state index in [2.05, 4.69) is 26.8 Å². The van der Waals surface area contributed by atoms with Crippen molar-refractivity contribution in [3.63, 3.8) is 0 Å². The Morgan fingerprint density at radius 2 is 2.00 bits per heavy atom. The van der Waals surface area contributed by atoms with E-state index in [1.165, 1.54) is 12.8 Å². The van der Waals surface area contributed by atoms with Gasteiger partial charge in [-0.15, -0.1) is 0 Å². The number of aliphatic hydroxyl groups excluding tert-OH is 1. The Hall–Kier alpha value is -0.830. The van der Waals surface area contributed by atoms with Gasteiger partial charge < -0.3 is 10.0 Å². The highest BCUT2D eigenvalue weighted by Crippen LogP contribution is 2.65. The predicted octanol–water partition coefficient (Wildman–Crippen LogP) is 3.23. The van der Waals surface area contributed by atoms with Crippen LogP contribution < -0.4 is 0 Å². The van der Waals surface area contributed by atoms with Gasteiger partial charge in [0.15, 0.2) is 0 Å². The van der Waals surface area contributed by atoms with E-state index in [9.17, 15) is 9.90 Å². The van der Waals surface area contributed by atoms with Gasteiger partial charge in [-0.1, -0.05) is 26.8 Å². The number of carbonyl (C=O) groups excluding carboxylic acids is 1. The molecule has 3 fully saturated rings. The summed E-state index contributed by atoms with van der Waals surface area (Å²) in [6, 6.07) is 0.340. The number of likely N-dealkylation sites (N-methyl/N-ethyl adjacent to an activating group) is 1. The van der Waals surface area contributed by atoms with E-state index in [1.54, 1.807) is 6.08 Å². The van der Waals surface area contributed by atoms with Crippen LogP contribution in [-0.4, -0.2) is 35.1 Å². The molecule has 3 aliphatic carbocycles. The molecule has 0 aromatic carbocycles. The third-order valence-corrected chi connectivity index (χ3v) is 8.25. The van der Waals surface area contributed by atoms with Gasteiger partial charge in [0.25, 0.3) is 0 Å². The quantitative estimate of drug-likeness (QED) is 0.745. The second-order valence-electron chi connectivity index (χ2n) is 9.45. The number of hydrogen-bond acceptors (Lipinski definition) is 2. The van der Waals surface area contributed by atoms with E-state index in [0.717, 1.165) is 19.3 Å². The van der Waals surface area contributed by atoms with E-state index in [-0.39, 0.29) is 17.4 Å². The molecule has 128 valence electrons. The minimum absolute atomic E-state index is 0.104. The van der Waals surface area contributed by atoms with Crippen LogP contribution in [0.4, 0.5) is 0 Å². The highest BCUT2D eigenvalue weighted by atomic mass is 16.3. The van der Waals surface area contributed by atoms with Crippen LogP contribution in [-0.2, 0) is 4.79 Å². The van der Waals surface area contributed by atoms with Gasteiger partial charge >= 0.3 is 0 Å². The van der Waals surface area contributed by atoms with E-state index in [4.69, 9.17) is 0 Å². The predicted molar refractivity (Wildman–Crippen MR) is 90.6 cm³/mol. The smallest absolute Gasteiger partial charge is 0.246 e. The first-order valence-electron chi connectivity index (χ1n) is 9.40. The fraction of sp³-hybridized carbons (Fsp3) is 0.850. The van der Waals surface area contributed by atoms with Crippen molar-refractivity contribution < 1.29 is 9.90 Å². The number of rotatable bonds is 0. The molecule has 0 aromatic heterocycles. The molecule has 1 N–H and O–H groups in total. The van der Waals surface area contributed by atoms with Crippen molar-refractivity contribution >= 4 is 5.91 Å². The average molecular weight is 317 g/mol. The van der Waals surface area contributed by atoms with Crippen molar-refractivity contribution in [2.75, 3.05) is 7.05 Å². The summed E-state index contributed by atoms with van der Waals surface area (Å²) in [6.45, 7) is 7.19. The number of fused-ring (bicyclic) bond motifs is 5. The number of hydrogen-bond donors (Lipinski definition) is 1. The Bertz CT molecular complexity index is 558. The molecule has 23 heavy (non-hydrogen) atoms. The highest BCUT2D eigenvalue weighted by molar-refractivity contribution is 5.89. The molecule has 1 aliphatic heterocycles. The zero-order valence-corrected chi connectivity index (χ0v) is 15.0. The Morgan fingerprint density at radius 3 is 2.74 bits per heavy atom. The molecule has 8 atom stereocenters. The van der Waals surface area contributed by atoms with Gasteiger partial charge in [-0.2, -0.15) is 0 Å². The van der Waals surface area contributed by atoms with Gasteiger partial charge in [0.05, 0.1) is 6.10 Å². The standard InChI is InChI=1S/C20H31NO2/c1-12-9-16-20(3,8-6-17(23)21(16)4)14-5-7-19(2)11-13(22)10-15(19)18(12)14/h6,8,12-16,18,22H,5,7,9-11H2,1-4H3/t12-,13?,14?,15?,16?,18?,19+,20+/m0/s1. The lowest BCUT2D eigenvalue weighted by molar-refractivity contribution is -0.143. The van der Waals surface area contributed by atoms with Crippen LogP contribution in [0.25, 0.3) is 0 Å². The molecule has 0 aromatic rings. The molecule has 3 nitrogen and oxygen atoms in total. The fourth-order valence-corrected chi connectivity index (χ4v) is 7.08. The van der Waals surface area contributed by atoms with Gasteiger partial charge in [-0.3, -0.25) is 4.79 Å². The summed E-state index contributed by atoms with van der Waals surface area (Å²) in [6.07, 6.45) is 9.49. The van der Waals surface area contributed by atoms with Crippen LogP contribution in [0, 0.1) is 34.5 Å². The van der Waals surface area contributed by atoms with Crippen molar-refractivity contribution in [3.8, 4) is 0 Å². The second-order valence-corrected chi connectivity index (χ2v) is 9.45. The molecule has 3 heteroatoms. The second kappa shape index (κ2) is 4.84. The summed E-state index contributed by atoms with van der Waals surface area (Å²) in [5, 5.41) is 10.3. The molecule has 4 rings (SSSR count). The van der Waals surface area contributed by atoms with Crippen LogP contribution >= 0.6 is 0 Å². The highest BCUT2D eigenvalue weighted by Gasteiger charge is 2.61. The molecule has 0 saturated heterocycles. The topological polar surface area (TPSA) is 40.5 Å². The third-order valence-electron chi connectivity index (χ3n) is 8.25. The minimum atomic E-state index is -0.104. The van der Waals surface area contributed by atoms with Crippen LogP contribution in [0.3, 0.4) is 0 Å². The maximum atomic E-state index is 12.1. The molecule has 3 saturated carbocycles. The summed E-state index contributed by atoms with van der Waals surface area (Å²) in [7, 11) is 1.98. The average Bonchev–Trinajstić information content (AvgIpc) is 2.80. The molecule has 0 bridgehead atoms. The number of nitrogens with zero attached hydrogens (tertiary/aromatic N) is 1. The Balaban J connectivity index is 1.74. The van der Waals surface area contributed by atoms with Crippen LogP contribution in [0.1, 0.15) is 52.9 Å². The maximum Gasteiger partial charge on any atom is 0.246 e. The molecule has 1 amide bonds. The molecule has 1 heterocycles. The first kappa shape index (κ1) is 15.7. The van der Waals surface area contributed by atoms with Gasteiger partial charge in [0, 0.05) is 18.5 Å². The molecular formula is C20H31NO2. The van der Waals surface area contributed by atoms with Crippen LogP contribution in [0.2, 0.25) is 0 Å². The molecule has 5 unspecified atom stereocenters. The summed E-state index contributed by atoms with van der Waals surface area (Å²) >= 11 is 0. The number of carbonyl (C=O) groups is 1. The molecule has 0 spiro atoms. The van der Waals surface area contributed by atoms with Gasteiger partial charge in [-0.25, -0.2) is 0 Å². The minimum Gasteiger partial charge on any atom is -0.393 e. The maximum absolute atomic E-state index is 12.1. The first-order chi connectivity index (χ1) is 10.8. The molecular weight excluding hydrogens is 286 g/mol. The summed E-state index contributed by atoms with van der Waals surface area (Å²) in [4.78, 5) is 14.1. The normalized spacial score (nSPS) is 55.3. The Morgan fingerprint density at radius 1 is 1.26 bits per heavy atom. The van der Waals surface area contributed by atoms with Gasteiger partial charge in [0.2, 0.25) is 5.91 Å². The Kier molecular flexibility index (Phi) is 3.30. The van der Waals surface area contributed by atoms with E-state index < -0.39 is 0 Å². The summed E-state index contributed by atoms with van der Waals surface area (Å²) < 4.78 is 0. The van der Waals surface area contributed by atoms with Crippen LogP contribution in [0.15, 0.2) is 12.2 Å². The largest absolute Gasteiger partial charge is 0.393 e. The fourth-order valence-electron chi connectivity index (χ4n) is 7.08. The zero-order chi connectivity index (χ0) is 16.6. The third kappa shape index (κ3) is 2.01. The lowest BCUT2D eigenvalue weighted by Gasteiger charge is -2.61. The van der Waals surface area contributed by atoms with Crippen molar-refractivity contribution in [3.05, 3.63) is 12.2 Å². The monoisotopic (exact) mass is 317 g/mol. The number of amides is 1. The van der Waals surface area contributed by atoms with Gasteiger partial charge in [-0.05, 0) is 67.3 Å². The van der Waals surface area contributed by atoms with E-state index in [0.29, 0.717) is 35.1 Å². The zero-order valence-electron chi connectivity index (χ0n) is 15.0. The van der Waals surface area contributed by atoms with E-state index >= 15 is 0 Å². The van der Waals surface area contributed by atoms with Crippen molar-refractivity contribution in [1.29, 1.82) is 0 Å². The lowest BCUT2D eigenvalue weighted by Crippen LogP contribution is -2.61. The van der Waals surface area contributed by atoms with Gasteiger partial charge in [0.1, 0.15) is 0 Å². The molecule has 0 radical (unpaired) electrons. The number of aliphatic hydroxyl groups is 1. The van der Waals surface area contributed by atoms with Crippen molar-refractivity contribution in [2.45, 2.75) is 65.0 Å². The lowest BCUT2D eigenvalue weighted by atomic mass is 9.46.